The van der Waals surface area contributed by atoms with Gasteiger partial charge in [-0.05, 0) is 30.2 Å². The van der Waals surface area contributed by atoms with E-state index in [-0.39, 0.29) is 18.1 Å². The third kappa shape index (κ3) is 4.94. The van der Waals surface area contributed by atoms with Gasteiger partial charge >= 0.3 is 5.97 Å². The Morgan fingerprint density at radius 3 is 2.40 bits per heavy atom. The van der Waals surface area contributed by atoms with Gasteiger partial charge in [0.1, 0.15) is 6.04 Å². The van der Waals surface area contributed by atoms with Crippen molar-refractivity contribution in [3.63, 3.8) is 0 Å². The standard InChI is InChI=1S/C15H20ClNO3/c1-3-10(2)14(15(19)20)17-9-8-13(18)11-4-6-12(16)7-5-11/h4-7,10,14,17H,3,8-9H2,1-2H3,(H,19,20)/t10-,14-/m0/s1. The fraction of sp³-hybridized carbons (Fsp3) is 0.467. The van der Waals surface area contributed by atoms with E-state index in [1.807, 2.05) is 13.8 Å². The summed E-state index contributed by atoms with van der Waals surface area (Å²) in [5.41, 5.74) is 0.589. The van der Waals surface area contributed by atoms with E-state index in [1.165, 1.54) is 0 Å². The van der Waals surface area contributed by atoms with Crippen LogP contribution in [0.5, 0.6) is 0 Å². The molecule has 0 amide bonds. The molecule has 0 heterocycles. The Hall–Kier alpha value is -1.39. The van der Waals surface area contributed by atoms with E-state index < -0.39 is 12.0 Å². The molecule has 2 N–H and O–H groups in total. The summed E-state index contributed by atoms with van der Waals surface area (Å²) in [7, 11) is 0. The number of rotatable bonds is 8. The number of hydrogen-bond acceptors (Lipinski definition) is 3. The molecule has 5 heteroatoms. The summed E-state index contributed by atoms with van der Waals surface area (Å²) < 4.78 is 0. The molecule has 0 radical (unpaired) electrons. The number of aliphatic carboxylic acids is 1. The molecule has 0 aliphatic rings. The lowest BCUT2D eigenvalue weighted by molar-refractivity contribution is -0.140. The van der Waals surface area contributed by atoms with E-state index in [9.17, 15) is 9.59 Å². The van der Waals surface area contributed by atoms with Crippen LogP contribution >= 0.6 is 11.6 Å². The van der Waals surface area contributed by atoms with Gasteiger partial charge in [-0.15, -0.1) is 0 Å². The van der Waals surface area contributed by atoms with Crippen LogP contribution in [0, 0.1) is 5.92 Å². The fourth-order valence-corrected chi connectivity index (χ4v) is 2.01. The molecule has 1 aromatic rings. The highest BCUT2D eigenvalue weighted by atomic mass is 35.5. The minimum Gasteiger partial charge on any atom is -0.480 e. The van der Waals surface area contributed by atoms with Crippen molar-refractivity contribution in [3.05, 3.63) is 34.9 Å². The van der Waals surface area contributed by atoms with Gasteiger partial charge in [0.05, 0.1) is 0 Å². The van der Waals surface area contributed by atoms with Crippen molar-refractivity contribution < 1.29 is 14.7 Å². The smallest absolute Gasteiger partial charge is 0.320 e. The lowest BCUT2D eigenvalue weighted by Gasteiger charge is -2.19. The second kappa shape index (κ2) is 8.02. The summed E-state index contributed by atoms with van der Waals surface area (Å²) in [6.07, 6.45) is 1.04. The summed E-state index contributed by atoms with van der Waals surface area (Å²) in [4.78, 5) is 23.0. The van der Waals surface area contributed by atoms with Crippen LogP contribution in [0.4, 0.5) is 0 Å². The van der Waals surface area contributed by atoms with Crippen LogP contribution < -0.4 is 5.32 Å². The second-order valence-electron chi connectivity index (χ2n) is 4.84. The van der Waals surface area contributed by atoms with Crippen LogP contribution in [0.25, 0.3) is 0 Å². The highest BCUT2D eigenvalue weighted by Gasteiger charge is 2.22. The van der Waals surface area contributed by atoms with Gasteiger partial charge in [-0.1, -0.05) is 31.9 Å². The Morgan fingerprint density at radius 2 is 1.90 bits per heavy atom. The molecule has 0 aliphatic carbocycles. The number of carboxylic acids is 1. The van der Waals surface area contributed by atoms with E-state index in [0.29, 0.717) is 17.1 Å². The van der Waals surface area contributed by atoms with Crippen molar-refractivity contribution >= 4 is 23.4 Å². The van der Waals surface area contributed by atoms with Gasteiger partial charge in [-0.3, -0.25) is 9.59 Å². The molecule has 1 rings (SSSR count). The Morgan fingerprint density at radius 1 is 1.30 bits per heavy atom. The quantitative estimate of drug-likeness (QED) is 0.724. The molecule has 0 saturated heterocycles. The van der Waals surface area contributed by atoms with Crippen LogP contribution in [0.2, 0.25) is 5.02 Å². The van der Waals surface area contributed by atoms with Crippen LogP contribution in [-0.2, 0) is 4.79 Å². The van der Waals surface area contributed by atoms with Crippen molar-refractivity contribution in [1.29, 1.82) is 0 Å². The minimum absolute atomic E-state index is 0.0255. The molecule has 0 aromatic heterocycles. The Bertz CT molecular complexity index is 459. The molecule has 2 atom stereocenters. The van der Waals surface area contributed by atoms with Crippen LogP contribution in [0.1, 0.15) is 37.0 Å². The van der Waals surface area contributed by atoms with Gasteiger partial charge in [0, 0.05) is 23.6 Å². The molecule has 4 nitrogen and oxygen atoms in total. The van der Waals surface area contributed by atoms with E-state index in [1.54, 1.807) is 24.3 Å². The summed E-state index contributed by atoms with van der Waals surface area (Å²) >= 11 is 5.76. The number of benzene rings is 1. The first-order chi connectivity index (χ1) is 9.45. The Labute approximate surface area is 124 Å². The van der Waals surface area contributed by atoms with Gasteiger partial charge in [0.25, 0.3) is 0 Å². The van der Waals surface area contributed by atoms with Crippen molar-refractivity contribution in [1.82, 2.24) is 5.32 Å². The minimum atomic E-state index is -0.877. The van der Waals surface area contributed by atoms with Crippen molar-refractivity contribution in [2.24, 2.45) is 5.92 Å². The third-order valence-corrected chi connectivity index (χ3v) is 3.61. The second-order valence-corrected chi connectivity index (χ2v) is 5.27. The lowest BCUT2D eigenvalue weighted by Crippen LogP contribution is -2.42. The number of ketones is 1. The molecule has 0 saturated carbocycles. The third-order valence-electron chi connectivity index (χ3n) is 3.36. The fourth-order valence-electron chi connectivity index (χ4n) is 1.89. The van der Waals surface area contributed by atoms with E-state index in [0.717, 1.165) is 6.42 Å². The zero-order valence-electron chi connectivity index (χ0n) is 11.7. The molecule has 20 heavy (non-hydrogen) atoms. The number of hydrogen-bond donors (Lipinski definition) is 2. The summed E-state index contributed by atoms with van der Waals surface area (Å²) in [5, 5.41) is 12.6. The van der Waals surface area contributed by atoms with Gasteiger partial charge < -0.3 is 10.4 Å². The van der Waals surface area contributed by atoms with Crippen molar-refractivity contribution in [2.75, 3.05) is 6.54 Å². The molecular formula is C15H20ClNO3. The Kier molecular flexibility index (Phi) is 6.68. The molecule has 0 spiro atoms. The predicted molar refractivity (Wildman–Crippen MR) is 79.3 cm³/mol. The number of Topliss-reactive ketones (excluding diaryl/α,β-unsaturated/α-hetero) is 1. The summed E-state index contributed by atoms with van der Waals surface area (Å²) in [6, 6.07) is 6.07. The maximum absolute atomic E-state index is 11.9. The first-order valence-electron chi connectivity index (χ1n) is 6.70. The molecular weight excluding hydrogens is 278 g/mol. The van der Waals surface area contributed by atoms with Gasteiger partial charge in [-0.2, -0.15) is 0 Å². The van der Waals surface area contributed by atoms with E-state index >= 15 is 0 Å². The summed E-state index contributed by atoms with van der Waals surface area (Å²) in [5.74, 6) is -0.876. The topological polar surface area (TPSA) is 66.4 Å². The highest BCUT2D eigenvalue weighted by Crippen LogP contribution is 2.11. The van der Waals surface area contributed by atoms with E-state index in [2.05, 4.69) is 5.32 Å². The zero-order chi connectivity index (χ0) is 15.1. The molecule has 110 valence electrons. The average Bonchev–Trinajstić information content (AvgIpc) is 2.43. The van der Waals surface area contributed by atoms with Crippen LogP contribution in [0.3, 0.4) is 0 Å². The largest absolute Gasteiger partial charge is 0.480 e. The van der Waals surface area contributed by atoms with Crippen LogP contribution in [0.15, 0.2) is 24.3 Å². The molecule has 0 unspecified atom stereocenters. The van der Waals surface area contributed by atoms with Gasteiger partial charge in [0.15, 0.2) is 5.78 Å². The average molecular weight is 298 g/mol. The van der Waals surface area contributed by atoms with Gasteiger partial charge in [0.2, 0.25) is 0 Å². The van der Waals surface area contributed by atoms with Crippen molar-refractivity contribution in [2.45, 2.75) is 32.7 Å². The monoisotopic (exact) mass is 297 g/mol. The molecule has 0 bridgehead atoms. The number of carbonyl (C=O) groups is 2. The van der Waals surface area contributed by atoms with Gasteiger partial charge in [-0.25, -0.2) is 0 Å². The maximum Gasteiger partial charge on any atom is 0.320 e. The number of carboxylic acid groups (broad SMARTS) is 1. The normalized spacial score (nSPS) is 13.8. The first-order valence-corrected chi connectivity index (χ1v) is 7.08. The molecule has 0 aliphatic heterocycles. The number of halogens is 1. The summed E-state index contributed by atoms with van der Waals surface area (Å²) in [6.45, 7) is 4.18. The predicted octanol–water partition coefficient (Wildman–Crippen LogP) is 3.00. The number of carbonyl (C=O) groups excluding carboxylic acids is 1. The SMILES string of the molecule is CC[C@H](C)[C@H](NCCC(=O)c1ccc(Cl)cc1)C(=O)O. The zero-order valence-corrected chi connectivity index (χ0v) is 12.5. The first kappa shape index (κ1) is 16.7. The maximum atomic E-state index is 11.9. The van der Waals surface area contributed by atoms with E-state index in [4.69, 9.17) is 16.7 Å². The van der Waals surface area contributed by atoms with Crippen molar-refractivity contribution in [3.8, 4) is 0 Å². The Balaban J connectivity index is 2.48. The number of nitrogens with one attached hydrogen (secondary N) is 1. The molecule has 1 aromatic carbocycles. The molecule has 0 fully saturated rings. The lowest BCUT2D eigenvalue weighted by atomic mass is 9.99. The van der Waals surface area contributed by atoms with Crippen LogP contribution in [-0.4, -0.2) is 29.4 Å². The highest BCUT2D eigenvalue weighted by molar-refractivity contribution is 6.30.